The molecule has 0 amide bonds. The van der Waals surface area contributed by atoms with Crippen molar-refractivity contribution in [3.05, 3.63) is 66.2 Å². The van der Waals surface area contributed by atoms with E-state index in [1.165, 1.54) is 12.1 Å². The van der Waals surface area contributed by atoms with Crippen molar-refractivity contribution in [1.29, 1.82) is 0 Å². The van der Waals surface area contributed by atoms with Crippen molar-refractivity contribution < 1.29 is 18.1 Å². The third kappa shape index (κ3) is 1.55. The maximum Gasteiger partial charge on any atom is 0.249 e. The summed E-state index contributed by atoms with van der Waals surface area (Å²) in [7, 11) is 1.76. The molecule has 4 heteroatoms. The molecular weight excluding hydrogens is 308 g/mol. The molecule has 0 spiro atoms. The van der Waals surface area contributed by atoms with Crippen molar-refractivity contribution >= 4 is 21.7 Å². The summed E-state index contributed by atoms with van der Waals surface area (Å²) in [5.74, 6) is 0.390. The molecular formula is C20H12F2NO+. The predicted molar refractivity (Wildman–Crippen MR) is 88.1 cm³/mol. The van der Waals surface area contributed by atoms with Crippen LogP contribution in [0.3, 0.4) is 0 Å². The van der Waals surface area contributed by atoms with Gasteiger partial charge in [-0.3, -0.25) is 0 Å². The van der Waals surface area contributed by atoms with Crippen molar-refractivity contribution in [3.63, 3.8) is 0 Å². The van der Waals surface area contributed by atoms with Crippen molar-refractivity contribution in [2.45, 2.75) is 0 Å². The number of nitrogens with zero attached hydrogens (tertiary/aromatic N) is 1. The number of rotatable bonds is 0. The second kappa shape index (κ2) is 4.51. The molecule has 5 rings (SSSR count). The highest BCUT2D eigenvalue weighted by Crippen LogP contribution is 2.47. The summed E-state index contributed by atoms with van der Waals surface area (Å²) >= 11 is 0. The molecule has 0 saturated carbocycles. The Bertz CT molecular complexity index is 1170. The van der Waals surface area contributed by atoms with Crippen LogP contribution >= 0.6 is 0 Å². The number of halogens is 2. The number of hydrogen-bond acceptors (Lipinski definition) is 1. The largest absolute Gasteiger partial charge is 0.455 e. The fraction of sp³-hybridized carbons (Fsp3) is 0.0500. The average Bonchev–Trinajstić information content (AvgIpc) is 2.58. The zero-order chi connectivity index (χ0) is 16.4. The van der Waals surface area contributed by atoms with Gasteiger partial charge >= 0.3 is 0 Å². The Labute approximate surface area is 136 Å². The molecule has 24 heavy (non-hydrogen) atoms. The molecule has 2 heterocycles. The fourth-order valence-electron chi connectivity index (χ4n) is 3.67. The van der Waals surface area contributed by atoms with Gasteiger partial charge in [0.1, 0.15) is 29.9 Å². The molecule has 0 atom stereocenters. The number of para-hydroxylation sites is 1. The molecule has 1 aliphatic heterocycles. The van der Waals surface area contributed by atoms with E-state index < -0.39 is 0 Å². The van der Waals surface area contributed by atoms with Gasteiger partial charge in [-0.25, -0.2) is 4.39 Å². The first-order valence-corrected chi connectivity index (χ1v) is 7.66. The molecule has 2 nitrogen and oxygen atoms in total. The zero-order valence-corrected chi connectivity index (χ0v) is 12.8. The minimum absolute atomic E-state index is 0.331. The molecule has 3 aromatic carbocycles. The number of hydrogen-bond donors (Lipinski definition) is 0. The Balaban J connectivity index is 2.13. The summed E-state index contributed by atoms with van der Waals surface area (Å²) in [6.07, 6.45) is 0. The highest BCUT2D eigenvalue weighted by molar-refractivity contribution is 6.12. The number of aryl methyl sites for hydroxylation is 1. The molecule has 116 valence electrons. The smallest absolute Gasteiger partial charge is 0.249 e. The number of ether oxygens (including phenoxy) is 1. The van der Waals surface area contributed by atoms with Crippen LogP contribution in [0, 0.1) is 11.6 Å². The van der Waals surface area contributed by atoms with Gasteiger partial charge in [0.2, 0.25) is 11.2 Å². The lowest BCUT2D eigenvalue weighted by Crippen LogP contribution is -2.34. The molecule has 1 aromatic heterocycles. The van der Waals surface area contributed by atoms with Crippen LogP contribution < -0.4 is 9.30 Å². The molecule has 0 radical (unpaired) electrons. The average molecular weight is 320 g/mol. The molecule has 0 bridgehead atoms. The lowest BCUT2D eigenvalue weighted by Gasteiger charge is -2.20. The molecule has 1 aliphatic rings. The summed E-state index contributed by atoms with van der Waals surface area (Å²) in [5.41, 5.74) is 1.46. The Kier molecular flexibility index (Phi) is 2.52. The van der Waals surface area contributed by atoms with Gasteiger partial charge in [0.25, 0.3) is 0 Å². The first kappa shape index (κ1) is 13.4. The van der Waals surface area contributed by atoms with Crippen LogP contribution in [0.25, 0.3) is 32.9 Å². The summed E-state index contributed by atoms with van der Waals surface area (Å²) in [5, 5.41) is 2.43. The van der Waals surface area contributed by atoms with Crippen LogP contribution in [0.1, 0.15) is 0 Å². The van der Waals surface area contributed by atoms with Crippen LogP contribution in [0.4, 0.5) is 8.78 Å². The highest BCUT2D eigenvalue weighted by Gasteiger charge is 2.33. The van der Waals surface area contributed by atoms with E-state index in [0.29, 0.717) is 28.3 Å². The van der Waals surface area contributed by atoms with Gasteiger partial charge in [0.15, 0.2) is 5.82 Å². The fourth-order valence-corrected chi connectivity index (χ4v) is 3.67. The number of aromatic nitrogens is 1. The molecule has 0 unspecified atom stereocenters. The van der Waals surface area contributed by atoms with Crippen LogP contribution in [0.15, 0.2) is 54.6 Å². The number of pyridine rings is 1. The molecule has 4 aromatic rings. The van der Waals surface area contributed by atoms with E-state index in [9.17, 15) is 8.78 Å². The van der Waals surface area contributed by atoms with E-state index in [0.717, 1.165) is 16.2 Å². The highest BCUT2D eigenvalue weighted by atomic mass is 19.1. The molecule has 0 saturated heterocycles. The monoisotopic (exact) mass is 320 g/mol. The first-order valence-electron chi connectivity index (χ1n) is 7.66. The van der Waals surface area contributed by atoms with E-state index in [1.807, 2.05) is 24.3 Å². The van der Waals surface area contributed by atoms with E-state index in [-0.39, 0.29) is 11.6 Å². The quantitative estimate of drug-likeness (QED) is 0.293. The van der Waals surface area contributed by atoms with Gasteiger partial charge in [-0.2, -0.15) is 8.96 Å². The van der Waals surface area contributed by atoms with Crippen LogP contribution in [-0.2, 0) is 7.05 Å². The summed E-state index contributed by atoms with van der Waals surface area (Å²) in [6.45, 7) is 0. The normalized spacial score (nSPS) is 12.3. The topological polar surface area (TPSA) is 13.1 Å². The number of fused-ring (bicyclic) bond motifs is 4. The van der Waals surface area contributed by atoms with Gasteiger partial charge < -0.3 is 4.74 Å². The van der Waals surface area contributed by atoms with Crippen LogP contribution in [0.2, 0.25) is 0 Å². The Morgan fingerprint density at radius 1 is 0.792 bits per heavy atom. The summed E-state index contributed by atoms with van der Waals surface area (Å²) in [6, 6.07) is 15.4. The lowest BCUT2D eigenvalue weighted by molar-refractivity contribution is -0.633. The maximum atomic E-state index is 14.6. The number of benzene rings is 3. The zero-order valence-electron chi connectivity index (χ0n) is 12.8. The van der Waals surface area contributed by atoms with Crippen molar-refractivity contribution in [1.82, 2.24) is 0 Å². The third-order valence-corrected chi connectivity index (χ3v) is 4.64. The Morgan fingerprint density at radius 2 is 1.46 bits per heavy atom. The van der Waals surface area contributed by atoms with Crippen molar-refractivity contribution in [3.8, 4) is 22.8 Å². The Hall–Kier alpha value is -3.01. The molecule has 0 aliphatic carbocycles. The summed E-state index contributed by atoms with van der Waals surface area (Å²) < 4.78 is 36.8. The SMILES string of the molecule is C[n+]1c2c3c(cccc3c3cccc(F)c31)Oc1cccc(F)c1-2. The van der Waals surface area contributed by atoms with Crippen LogP contribution in [0.5, 0.6) is 11.5 Å². The minimum atomic E-state index is -0.380. The van der Waals surface area contributed by atoms with E-state index >= 15 is 0 Å². The van der Waals surface area contributed by atoms with Gasteiger partial charge in [-0.05, 0) is 30.3 Å². The van der Waals surface area contributed by atoms with Gasteiger partial charge in [0.05, 0.1) is 10.8 Å². The lowest BCUT2D eigenvalue weighted by atomic mass is 9.96. The van der Waals surface area contributed by atoms with E-state index in [2.05, 4.69) is 0 Å². The second-order valence-corrected chi connectivity index (χ2v) is 5.94. The van der Waals surface area contributed by atoms with Crippen LogP contribution in [-0.4, -0.2) is 0 Å². The standard InChI is InChI=1S/C20H12F2NO/c1-23-19-12(6-2-8-14(19)22)11-5-3-9-15-17(11)20(23)18-13(21)7-4-10-16(18)24-15/h2-10H,1H3/q+1. The van der Waals surface area contributed by atoms with Gasteiger partial charge in [-0.15, -0.1) is 0 Å². The van der Waals surface area contributed by atoms with Crippen molar-refractivity contribution in [2.75, 3.05) is 0 Å². The van der Waals surface area contributed by atoms with Crippen molar-refractivity contribution in [2.24, 2.45) is 7.05 Å². The van der Waals surface area contributed by atoms with E-state index in [1.54, 1.807) is 29.8 Å². The minimum Gasteiger partial charge on any atom is -0.455 e. The second-order valence-electron chi connectivity index (χ2n) is 5.94. The van der Waals surface area contributed by atoms with Gasteiger partial charge in [0, 0.05) is 5.39 Å². The Morgan fingerprint density at radius 3 is 2.33 bits per heavy atom. The summed E-state index contributed by atoms with van der Waals surface area (Å²) in [4.78, 5) is 0. The maximum absolute atomic E-state index is 14.6. The predicted octanol–water partition coefficient (Wildman–Crippen LogP) is 4.87. The van der Waals surface area contributed by atoms with Gasteiger partial charge in [-0.1, -0.05) is 24.3 Å². The van der Waals surface area contributed by atoms with E-state index in [4.69, 9.17) is 4.74 Å². The first-order chi connectivity index (χ1) is 11.7. The third-order valence-electron chi connectivity index (χ3n) is 4.64. The molecule has 0 N–H and O–H groups in total. The molecule has 0 fully saturated rings.